The fourth-order valence-corrected chi connectivity index (χ4v) is 3.12. The van der Waals surface area contributed by atoms with Gasteiger partial charge in [0.05, 0.1) is 17.8 Å². The molecule has 1 aromatic heterocycles. The van der Waals surface area contributed by atoms with Gasteiger partial charge in [0.25, 0.3) is 5.91 Å². The summed E-state index contributed by atoms with van der Waals surface area (Å²) >= 11 is 12.4. The average Bonchev–Trinajstić information content (AvgIpc) is 2.87. The van der Waals surface area contributed by atoms with Crippen LogP contribution in [0, 0.1) is 6.92 Å². The molecule has 0 aliphatic heterocycles. The molecule has 0 bridgehead atoms. The molecule has 6 heteroatoms. The monoisotopic (exact) mass is 373 g/mol. The molecule has 4 nitrogen and oxygen atoms in total. The van der Waals surface area contributed by atoms with Gasteiger partial charge in [-0.3, -0.25) is 4.79 Å². The Labute approximate surface area is 156 Å². The molecule has 0 saturated carbocycles. The topological polar surface area (TPSA) is 46.9 Å². The van der Waals surface area contributed by atoms with Gasteiger partial charge in [0.2, 0.25) is 0 Å². The maximum atomic E-state index is 12.5. The maximum Gasteiger partial charge on any atom is 0.256 e. The molecule has 1 heterocycles. The van der Waals surface area contributed by atoms with Crippen LogP contribution in [0.3, 0.4) is 0 Å². The molecule has 3 aromatic rings. The third-order valence-electron chi connectivity index (χ3n) is 3.81. The molecule has 0 radical (unpaired) electrons. The van der Waals surface area contributed by atoms with E-state index in [9.17, 15) is 4.79 Å². The quantitative estimate of drug-likeness (QED) is 0.716. The van der Waals surface area contributed by atoms with Gasteiger partial charge < -0.3 is 5.32 Å². The zero-order valence-electron chi connectivity index (χ0n) is 13.7. The molecule has 0 aliphatic rings. The van der Waals surface area contributed by atoms with Gasteiger partial charge in [0.1, 0.15) is 5.15 Å². The third kappa shape index (κ3) is 4.21. The van der Waals surface area contributed by atoms with Gasteiger partial charge in [-0.1, -0.05) is 65.7 Å². The summed E-state index contributed by atoms with van der Waals surface area (Å²) in [7, 11) is 0. The number of nitrogens with one attached hydrogen (secondary N) is 1. The molecule has 1 N–H and O–H groups in total. The van der Waals surface area contributed by atoms with E-state index in [4.69, 9.17) is 23.2 Å². The van der Waals surface area contributed by atoms with Crippen molar-refractivity contribution in [3.63, 3.8) is 0 Å². The fraction of sp³-hybridized carbons (Fsp3) is 0.158. The van der Waals surface area contributed by atoms with E-state index in [-0.39, 0.29) is 5.91 Å². The first-order valence-electron chi connectivity index (χ1n) is 7.84. The summed E-state index contributed by atoms with van der Waals surface area (Å²) in [6.07, 6.45) is 0. The second kappa shape index (κ2) is 7.72. The van der Waals surface area contributed by atoms with Gasteiger partial charge in [-0.25, -0.2) is 4.68 Å². The van der Waals surface area contributed by atoms with Crippen molar-refractivity contribution in [2.45, 2.75) is 20.0 Å². The molecule has 0 fully saturated rings. The number of rotatable bonds is 5. The Hall–Kier alpha value is -2.30. The molecule has 2 aromatic carbocycles. The van der Waals surface area contributed by atoms with Crippen molar-refractivity contribution in [3.8, 4) is 0 Å². The molecule has 0 spiro atoms. The van der Waals surface area contributed by atoms with Crippen LogP contribution >= 0.6 is 23.2 Å². The van der Waals surface area contributed by atoms with E-state index in [2.05, 4.69) is 10.4 Å². The Bertz CT molecular complexity index is 891. The molecule has 0 aliphatic carbocycles. The molecule has 3 rings (SSSR count). The second-order valence-electron chi connectivity index (χ2n) is 5.71. The van der Waals surface area contributed by atoms with Gasteiger partial charge in [-0.05, 0) is 30.2 Å². The molecule has 0 saturated heterocycles. The smallest absolute Gasteiger partial charge is 0.256 e. The normalized spacial score (nSPS) is 10.7. The summed E-state index contributed by atoms with van der Waals surface area (Å²) in [5, 5.41) is 8.24. The number of aryl methyl sites for hydroxylation is 1. The highest BCUT2D eigenvalue weighted by atomic mass is 35.5. The minimum absolute atomic E-state index is 0.248. The summed E-state index contributed by atoms with van der Waals surface area (Å²) in [5.41, 5.74) is 2.99. The number of nitrogens with zero attached hydrogens (tertiary/aromatic N) is 2. The van der Waals surface area contributed by atoms with Gasteiger partial charge in [0.15, 0.2) is 0 Å². The molecular weight excluding hydrogens is 357 g/mol. The number of hydrogen-bond donors (Lipinski definition) is 1. The van der Waals surface area contributed by atoms with Crippen molar-refractivity contribution in [1.82, 2.24) is 15.1 Å². The van der Waals surface area contributed by atoms with Gasteiger partial charge in [0, 0.05) is 11.6 Å². The van der Waals surface area contributed by atoms with Crippen LogP contribution in [0.2, 0.25) is 10.2 Å². The lowest BCUT2D eigenvalue weighted by atomic mass is 10.2. The fourth-order valence-electron chi connectivity index (χ4n) is 2.59. The van der Waals surface area contributed by atoms with E-state index in [1.807, 2.05) is 48.5 Å². The Balaban J connectivity index is 1.74. The Morgan fingerprint density at radius 3 is 2.52 bits per heavy atom. The lowest BCUT2D eigenvalue weighted by Gasteiger charge is -2.06. The van der Waals surface area contributed by atoms with E-state index in [0.717, 1.165) is 11.1 Å². The predicted molar refractivity (Wildman–Crippen MR) is 100 cm³/mol. The van der Waals surface area contributed by atoms with Crippen molar-refractivity contribution in [1.29, 1.82) is 0 Å². The molecular formula is C19H17Cl2N3O. The Kier molecular flexibility index (Phi) is 5.41. The van der Waals surface area contributed by atoms with Crippen LogP contribution < -0.4 is 5.32 Å². The molecule has 1 amide bonds. The molecule has 25 heavy (non-hydrogen) atoms. The predicted octanol–water partition coefficient (Wildman–Crippen LogP) is 4.48. The SMILES string of the molecule is Cc1nn(Cc2ccccc2)c(Cl)c1C(=O)NCc1cccc(Cl)c1. The lowest BCUT2D eigenvalue weighted by Crippen LogP contribution is -2.23. The van der Waals surface area contributed by atoms with Gasteiger partial charge in [-0.2, -0.15) is 5.10 Å². The second-order valence-corrected chi connectivity index (χ2v) is 6.50. The van der Waals surface area contributed by atoms with E-state index in [0.29, 0.717) is 34.5 Å². The summed E-state index contributed by atoms with van der Waals surface area (Å²) in [6, 6.07) is 17.2. The highest BCUT2D eigenvalue weighted by Gasteiger charge is 2.20. The minimum atomic E-state index is -0.248. The number of benzene rings is 2. The van der Waals surface area contributed by atoms with Gasteiger partial charge in [-0.15, -0.1) is 0 Å². The standard InChI is InChI=1S/C19H17Cl2N3O/c1-13-17(19(25)22-11-15-8-5-9-16(20)10-15)18(21)24(23-13)12-14-6-3-2-4-7-14/h2-10H,11-12H2,1H3,(H,22,25). The maximum absolute atomic E-state index is 12.5. The number of carbonyl (C=O) groups is 1. The van der Waals surface area contributed by atoms with Crippen molar-refractivity contribution >= 4 is 29.1 Å². The molecule has 128 valence electrons. The van der Waals surface area contributed by atoms with Crippen LogP contribution in [0.4, 0.5) is 0 Å². The van der Waals surface area contributed by atoms with Gasteiger partial charge >= 0.3 is 0 Å². The number of aromatic nitrogens is 2. The van der Waals surface area contributed by atoms with Crippen LogP contribution in [0.5, 0.6) is 0 Å². The first-order valence-corrected chi connectivity index (χ1v) is 8.59. The van der Waals surface area contributed by atoms with E-state index in [1.54, 1.807) is 17.7 Å². The van der Waals surface area contributed by atoms with Crippen LogP contribution in [-0.4, -0.2) is 15.7 Å². The highest BCUT2D eigenvalue weighted by molar-refractivity contribution is 6.33. The summed E-state index contributed by atoms with van der Waals surface area (Å²) in [4.78, 5) is 12.5. The van der Waals surface area contributed by atoms with Crippen molar-refractivity contribution in [2.75, 3.05) is 0 Å². The minimum Gasteiger partial charge on any atom is -0.348 e. The van der Waals surface area contributed by atoms with Crippen molar-refractivity contribution < 1.29 is 4.79 Å². The van der Waals surface area contributed by atoms with Crippen LogP contribution in [0.15, 0.2) is 54.6 Å². The first kappa shape index (κ1) is 17.5. The third-order valence-corrected chi connectivity index (χ3v) is 4.43. The zero-order valence-corrected chi connectivity index (χ0v) is 15.2. The number of carbonyl (C=O) groups excluding carboxylic acids is 1. The van der Waals surface area contributed by atoms with Crippen molar-refractivity contribution in [3.05, 3.63) is 87.2 Å². The highest BCUT2D eigenvalue weighted by Crippen LogP contribution is 2.21. The zero-order chi connectivity index (χ0) is 17.8. The van der Waals surface area contributed by atoms with E-state index < -0.39 is 0 Å². The van der Waals surface area contributed by atoms with Crippen molar-refractivity contribution in [2.24, 2.45) is 0 Å². The van der Waals surface area contributed by atoms with Crippen LogP contribution in [0.25, 0.3) is 0 Å². The number of hydrogen-bond acceptors (Lipinski definition) is 2. The Morgan fingerprint density at radius 1 is 1.08 bits per heavy atom. The number of halogens is 2. The average molecular weight is 374 g/mol. The van der Waals surface area contributed by atoms with E-state index >= 15 is 0 Å². The van der Waals surface area contributed by atoms with Crippen LogP contribution in [-0.2, 0) is 13.1 Å². The largest absolute Gasteiger partial charge is 0.348 e. The molecule has 0 atom stereocenters. The summed E-state index contributed by atoms with van der Waals surface area (Å²) in [6.45, 7) is 2.67. The lowest BCUT2D eigenvalue weighted by molar-refractivity contribution is 0.0950. The molecule has 0 unspecified atom stereocenters. The van der Waals surface area contributed by atoms with E-state index in [1.165, 1.54) is 0 Å². The summed E-state index contributed by atoms with van der Waals surface area (Å²) < 4.78 is 1.64. The Morgan fingerprint density at radius 2 is 1.80 bits per heavy atom. The van der Waals surface area contributed by atoms with Crippen LogP contribution in [0.1, 0.15) is 27.2 Å². The summed E-state index contributed by atoms with van der Waals surface area (Å²) in [5.74, 6) is -0.248. The first-order chi connectivity index (χ1) is 12.0. The number of amides is 1.